The van der Waals surface area contributed by atoms with Gasteiger partial charge in [0, 0.05) is 22.6 Å². The first-order valence-electron chi connectivity index (χ1n) is 14.7. The summed E-state index contributed by atoms with van der Waals surface area (Å²) in [5.41, 5.74) is -1.98. The molecule has 47 heavy (non-hydrogen) atoms. The fourth-order valence-electron chi connectivity index (χ4n) is 4.67. The van der Waals surface area contributed by atoms with Crippen LogP contribution in [0, 0.1) is 18.6 Å². The zero-order valence-corrected chi connectivity index (χ0v) is 27.0. The molecule has 0 radical (unpaired) electrons. The Hall–Kier alpha value is -3.75. The van der Waals surface area contributed by atoms with Crippen molar-refractivity contribution in [2.45, 2.75) is 76.5 Å². The maximum Gasteiger partial charge on any atom is 0.416 e. The van der Waals surface area contributed by atoms with Gasteiger partial charge < -0.3 is 19.3 Å². The number of nitrogens with one attached hydrogen (secondary N) is 2. The Kier molecular flexibility index (Phi) is 10.9. The van der Waals surface area contributed by atoms with Crippen LogP contribution in [0.1, 0.15) is 85.1 Å². The van der Waals surface area contributed by atoms with Crippen LogP contribution in [-0.4, -0.2) is 34.0 Å². The summed E-state index contributed by atoms with van der Waals surface area (Å²) >= 11 is -2.00. The molecular weight excluding hydrogens is 650 g/mol. The third-order valence-corrected chi connectivity index (χ3v) is 8.84. The van der Waals surface area contributed by atoms with E-state index in [1.54, 1.807) is 20.8 Å². The maximum atomic E-state index is 15.4. The van der Waals surface area contributed by atoms with E-state index in [-0.39, 0.29) is 29.4 Å². The zero-order valence-electron chi connectivity index (χ0n) is 26.2. The molecule has 0 spiro atoms. The van der Waals surface area contributed by atoms with Crippen LogP contribution in [0.25, 0.3) is 0 Å². The van der Waals surface area contributed by atoms with Gasteiger partial charge in [-0.3, -0.25) is 4.79 Å². The standard InChI is InChI=1S/C33H34F6N2O5S/c1-6-45-31(43)28(36)29(41-47(44)32(3,4)5)22-14-20(10-11-25(22)35)40-30(42)23-15-24(33(37,38)39)21(18-7-8-18)16-27(23)46-26-12-9-19(34)13-17(26)2/h9-16,18,28-29,41H,6-8H2,1-5H3,(H,40,42). The Labute approximate surface area is 271 Å². The monoisotopic (exact) mass is 684 g/mol. The first kappa shape index (κ1) is 36.1. The van der Waals surface area contributed by atoms with Gasteiger partial charge in [-0.05, 0) is 113 Å². The molecule has 3 atom stereocenters. The van der Waals surface area contributed by atoms with Crippen LogP contribution in [0.5, 0.6) is 11.5 Å². The highest BCUT2D eigenvalue weighted by molar-refractivity contribution is 7.90. The molecule has 1 amide bonds. The highest BCUT2D eigenvalue weighted by Gasteiger charge is 2.41. The van der Waals surface area contributed by atoms with Crippen LogP contribution in [-0.2, 0) is 27.1 Å². The summed E-state index contributed by atoms with van der Waals surface area (Å²) < 4.78 is 112. The van der Waals surface area contributed by atoms with Crippen molar-refractivity contribution >= 4 is 28.9 Å². The van der Waals surface area contributed by atoms with Crippen molar-refractivity contribution in [3.63, 3.8) is 0 Å². The van der Waals surface area contributed by atoms with Gasteiger partial charge in [-0.25, -0.2) is 18.0 Å². The number of esters is 1. The van der Waals surface area contributed by atoms with E-state index in [0.29, 0.717) is 24.5 Å². The lowest BCUT2D eigenvalue weighted by atomic mass is 9.98. The number of halogens is 6. The Morgan fingerprint density at radius 3 is 2.28 bits per heavy atom. The lowest BCUT2D eigenvalue weighted by Crippen LogP contribution is -2.46. The summed E-state index contributed by atoms with van der Waals surface area (Å²) in [6.07, 6.45) is -6.31. The molecule has 1 aliphatic rings. The van der Waals surface area contributed by atoms with E-state index >= 15 is 8.78 Å². The molecule has 3 aromatic rings. The minimum atomic E-state index is -4.81. The van der Waals surface area contributed by atoms with Crippen LogP contribution in [0.15, 0.2) is 48.5 Å². The van der Waals surface area contributed by atoms with Crippen molar-refractivity contribution in [2.75, 3.05) is 11.9 Å². The average Bonchev–Trinajstić information content (AvgIpc) is 3.82. The number of carbonyl (C=O) groups is 2. The zero-order chi connectivity index (χ0) is 34.8. The third kappa shape index (κ3) is 8.79. The van der Waals surface area contributed by atoms with E-state index in [1.165, 1.54) is 19.9 Å². The van der Waals surface area contributed by atoms with E-state index in [1.807, 2.05) is 0 Å². The first-order chi connectivity index (χ1) is 21.9. The van der Waals surface area contributed by atoms with Crippen molar-refractivity contribution in [3.8, 4) is 11.5 Å². The van der Waals surface area contributed by atoms with Gasteiger partial charge in [0.15, 0.2) is 0 Å². The topological polar surface area (TPSA) is 99.7 Å². The molecule has 7 nitrogen and oxygen atoms in total. The van der Waals surface area contributed by atoms with Crippen molar-refractivity contribution < 1.29 is 50.0 Å². The fraction of sp³-hybridized carbons (Fsp3) is 0.394. The molecule has 14 heteroatoms. The molecule has 254 valence electrons. The second-order valence-electron chi connectivity index (χ2n) is 12.0. The molecule has 0 bridgehead atoms. The van der Waals surface area contributed by atoms with Gasteiger partial charge >= 0.3 is 12.1 Å². The summed E-state index contributed by atoms with van der Waals surface area (Å²) in [6, 6.07) is 6.42. The summed E-state index contributed by atoms with van der Waals surface area (Å²) in [7, 11) is 0. The van der Waals surface area contributed by atoms with Gasteiger partial charge in [-0.1, -0.05) is 0 Å². The van der Waals surface area contributed by atoms with Crippen LogP contribution >= 0.6 is 0 Å². The lowest BCUT2D eigenvalue weighted by Gasteiger charge is -2.29. The Balaban J connectivity index is 1.76. The number of anilines is 1. The predicted octanol–water partition coefficient (Wildman–Crippen LogP) is 8.21. The van der Waals surface area contributed by atoms with Gasteiger partial charge in [-0.2, -0.15) is 13.2 Å². The van der Waals surface area contributed by atoms with Crippen molar-refractivity contribution in [2.24, 2.45) is 0 Å². The largest absolute Gasteiger partial charge is 0.598 e. The number of rotatable bonds is 11. The number of aryl methyl sites for hydroxylation is 1. The highest BCUT2D eigenvalue weighted by Crippen LogP contribution is 2.48. The van der Waals surface area contributed by atoms with Gasteiger partial charge in [0.2, 0.25) is 6.17 Å². The van der Waals surface area contributed by atoms with E-state index in [0.717, 1.165) is 36.4 Å². The number of alkyl halides is 4. The number of benzene rings is 3. The SMILES string of the molecule is CCOC(=O)C(F)C(N[S+]([O-])C(C)(C)C)c1cc(NC(=O)c2cc(C(F)(F)F)c(C3CC3)cc2Oc2ccc(F)cc2C)ccc1F. The van der Waals surface area contributed by atoms with Gasteiger partial charge in [-0.15, -0.1) is 4.72 Å². The summed E-state index contributed by atoms with van der Waals surface area (Å²) in [4.78, 5) is 25.9. The van der Waals surface area contributed by atoms with Crippen molar-refractivity contribution in [1.82, 2.24) is 4.72 Å². The minimum absolute atomic E-state index is 0.0541. The molecule has 0 heterocycles. The van der Waals surface area contributed by atoms with Gasteiger partial charge in [0.25, 0.3) is 5.91 Å². The lowest BCUT2D eigenvalue weighted by molar-refractivity contribution is -0.150. The molecular formula is C33H34F6N2O5S. The normalized spacial score (nSPS) is 15.5. The Morgan fingerprint density at radius 1 is 1.02 bits per heavy atom. The van der Waals surface area contributed by atoms with Crippen molar-refractivity contribution in [3.05, 3.63) is 88.0 Å². The molecule has 0 aromatic heterocycles. The summed E-state index contributed by atoms with van der Waals surface area (Å²) in [5, 5.41) is 2.40. The number of hydrogen-bond donors (Lipinski definition) is 2. The van der Waals surface area contributed by atoms with Crippen LogP contribution in [0.3, 0.4) is 0 Å². The Morgan fingerprint density at radius 2 is 1.70 bits per heavy atom. The second kappa shape index (κ2) is 14.2. The fourth-order valence-corrected chi connectivity index (χ4v) is 5.50. The van der Waals surface area contributed by atoms with Crippen LogP contribution in [0.4, 0.5) is 32.0 Å². The average molecular weight is 685 g/mol. The molecule has 1 fully saturated rings. The van der Waals surface area contributed by atoms with Crippen molar-refractivity contribution in [1.29, 1.82) is 0 Å². The van der Waals surface area contributed by atoms with Gasteiger partial charge in [0.1, 0.15) is 33.9 Å². The molecule has 1 aliphatic carbocycles. The number of hydrogen-bond acceptors (Lipinski definition) is 6. The Bertz CT molecular complexity index is 1640. The van der Waals surface area contributed by atoms with Crippen LogP contribution < -0.4 is 14.8 Å². The quantitative estimate of drug-likeness (QED) is 0.120. The van der Waals surface area contributed by atoms with E-state index in [2.05, 4.69) is 10.0 Å². The number of amides is 1. The number of carbonyl (C=O) groups excluding carboxylic acids is 2. The molecule has 1 saturated carbocycles. The minimum Gasteiger partial charge on any atom is -0.598 e. The van der Waals surface area contributed by atoms with E-state index in [9.17, 15) is 31.7 Å². The molecule has 0 saturated heterocycles. The summed E-state index contributed by atoms with van der Waals surface area (Å²) in [6.45, 7) is 7.47. The first-order valence-corrected chi connectivity index (χ1v) is 15.8. The predicted molar refractivity (Wildman–Crippen MR) is 164 cm³/mol. The molecule has 0 aliphatic heterocycles. The second-order valence-corrected chi connectivity index (χ2v) is 14.0. The smallest absolute Gasteiger partial charge is 0.416 e. The summed E-state index contributed by atoms with van der Waals surface area (Å²) in [5.74, 6) is -4.56. The molecule has 4 rings (SSSR count). The molecule has 3 unspecified atom stereocenters. The number of ether oxygens (including phenoxy) is 2. The van der Waals surface area contributed by atoms with Gasteiger partial charge in [0.05, 0.1) is 17.7 Å². The third-order valence-electron chi connectivity index (χ3n) is 7.26. The maximum absolute atomic E-state index is 15.4. The highest BCUT2D eigenvalue weighted by atomic mass is 32.2. The van der Waals surface area contributed by atoms with Crippen LogP contribution in [0.2, 0.25) is 0 Å². The van der Waals surface area contributed by atoms with E-state index < -0.39 is 80.6 Å². The van der Waals surface area contributed by atoms with E-state index in [4.69, 9.17) is 9.47 Å². The molecule has 3 aromatic carbocycles. The molecule has 2 N–H and O–H groups in total.